The fraction of sp³-hybridized carbons (Fsp3) is 0.417. The number of halogens is 1. The average molecular weight is 371 g/mol. The lowest BCUT2D eigenvalue weighted by Crippen LogP contribution is -2.24. The lowest BCUT2D eigenvalue weighted by atomic mass is 10.2. The highest BCUT2D eigenvalue weighted by Crippen LogP contribution is 2.21. The van der Waals surface area contributed by atoms with Crippen LogP contribution in [0, 0.1) is 17.0 Å². The molecule has 0 atom stereocenters. The molecule has 118 valence electrons. The molecule has 2 aromatic heterocycles. The van der Waals surface area contributed by atoms with Crippen LogP contribution >= 0.6 is 15.9 Å². The molecule has 0 unspecified atom stereocenters. The van der Waals surface area contributed by atoms with Gasteiger partial charge >= 0.3 is 5.82 Å². The van der Waals surface area contributed by atoms with Crippen molar-refractivity contribution in [2.75, 3.05) is 0 Å². The summed E-state index contributed by atoms with van der Waals surface area (Å²) < 4.78 is 3.41. The van der Waals surface area contributed by atoms with Gasteiger partial charge in [-0.3, -0.25) is 9.48 Å². The first-order chi connectivity index (χ1) is 10.4. The van der Waals surface area contributed by atoms with E-state index in [2.05, 4.69) is 31.4 Å². The number of amides is 1. The lowest BCUT2D eigenvalue weighted by Gasteiger charge is -2.04. The lowest BCUT2D eigenvalue weighted by molar-refractivity contribution is -0.390. The molecule has 0 aliphatic heterocycles. The van der Waals surface area contributed by atoms with Crippen molar-refractivity contribution in [2.45, 2.75) is 26.4 Å². The highest BCUT2D eigenvalue weighted by atomic mass is 79.9. The van der Waals surface area contributed by atoms with E-state index in [1.807, 2.05) is 14.0 Å². The van der Waals surface area contributed by atoms with E-state index >= 15 is 0 Å². The molecule has 0 aliphatic carbocycles. The largest absolute Gasteiger partial charge is 0.404 e. The summed E-state index contributed by atoms with van der Waals surface area (Å²) >= 11 is 3.06. The second kappa shape index (κ2) is 6.69. The van der Waals surface area contributed by atoms with Crippen molar-refractivity contribution in [3.8, 4) is 0 Å². The average Bonchev–Trinajstić information content (AvgIpc) is 2.99. The van der Waals surface area contributed by atoms with Crippen molar-refractivity contribution in [1.29, 1.82) is 0 Å². The first kappa shape index (κ1) is 16.1. The minimum Gasteiger partial charge on any atom is -0.358 e. The summed E-state index contributed by atoms with van der Waals surface area (Å²) in [6.07, 6.45) is 3.38. The fourth-order valence-electron chi connectivity index (χ4n) is 1.84. The summed E-state index contributed by atoms with van der Waals surface area (Å²) in [6, 6.07) is 0. The number of hydrogen-bond donors (Lipinski definition) is 1. The Hall–Kier alpha value is -2.23. The van der Waals surface area contributed by atoms with Gasteiger partial charge in [0.15, 0.2) is 0 Å². The Labute approximate surface area is 134 Å². The van der Waals surface area contributed by atoms with Gasteiger partial charge in [0, 0.05) is 31.3 Å². The van der Waals surface area contributed by atoms with Gasteiger partial charge in [0.1, 0.15) is 4.47 Å². The van der Waals surface area contributed by atoms with Crippen molar-refractivity contribution in [1.82, 2.24) is 24.9 Å². The third kappa shape index (κ3) is 3.70. The zero-order valence-electron chi connectivity index (χ0n) is 12.1. The van der Waals surface area contributed by atoms with Crippen LogP contribution in [0.3, 0.4) is 0 Å². The Morgan fingerprint density at radius 2 is 2.27 bits per heavy atom. The van der Waals surface area contributed by atoms with Gasteiger partial charge in [-0.25, -0.2) is 0 Å². The number of hydrogen-bond acceptors (Lipinski definition) is 5. The molecule has 2 rings (SSSR count). The number of carbonyl (C=O) groups is 1. The number of aromatic nitrogens is 4. The standard InChI is InChI=1S/C12H15BrN6O3/c1-8-9(6-15-17(8)2)5-14-11(20)3-4-18-7-10(13)12(16-18)19(21)22/h6-7H,3-5H2,1-2H3,(H,14,20). The van der Waals surface area contributed by atoms with Gasteiger partial charge < -0.3 is 15.4 Å². The van der Waals surface area contributed by atoms with E-state index in [1.165, 1.54) is 10.9 Å². The van der Waals surface area contributed by atoms with E-state index in [4.69, 9.17) is 0 Å². The van der Waals surface area contributed by atoms with E-state index in [1.54, 1.807) is 10.9 Å². The molecule has 2 aromatic rings. The van der Waals surface area contributed by atoms with E-state index in [-0.39, 0.29) is 24.7 Å². The molecule has 1 N–H and O–H groups in total. The summed E-state index contributed by atoms with van der Waals surface area (Å²) in [7, 11) is 1.84. The van der Waals surface area contributed by atoms with Crippen LogP contribution in [-0.4, -0.2) is 30.4 Å². The van der Waals surface area contributed by atoms with Crippen molar-refractivity contribution >= 4 is 27.7 Å². The van der Waals surface area contributed by atoms with Crippen LogP contribution in [-0.2, 0) is 24.9 Å². The summed E-state index contributed by atoms with van der Waals surface area (Å²) in [5, 5.41) is 21.4. The first-order valence-electron chi connectivity index (χ1n) is 6.50. The normalized spacial score (nSPS) is 10.7. The first-order valence-corrected chi connectivity index (χ1v) is 7.29. The number of nitro groups is 1. The topological polar surface area (TPSA) is 108 Å². The van der Waals surface area contributed by atoms with Gasteiger partial charge in [-0.1, -0.05) is 0 Å². The van der Waals surface area contributed by atoms with E-state index in [0.717, 1.165) is 11.3 Å². The summed E-state index contributed by atoms with van der Waals surface area (Å²) in [5.74, 6) is -0.413. The number of aryl methyl sites for hydroxylation is 2. The summed E-state index contributed by atoms with van der Waals surface area (Å²) in [5.41, 5.74) is 1.94. The van der Waals surface area contributed by atoms with Crippen molar-refractivity contribution < 1.29 is 9.72 Å². The monoisotopic (exact) mass is 370 g/mol. The molecule has 0 aromatic carbocycles. The Balaban J connectivity index is 1.84. The molecule has 0 aliphatic rings. The van der Waals surface area contributed by atoms with Gasteiger partial charge in [-0.15, -0.1) is 0 Å². The maximum absolute atomic E-state index is 11.8. The van der Waals surface area contributed by atoms with E-state index in [9.17, 15) is 14.9 Å². The van der Waals surface area contributed by atoms with Crippen molar-refractivity contribution in [3.05, 3.63) is 38.2 Å². The molecule has 0 bridgehead atoms. The second-order valence-corrected chi connectivity index (χ2v) is 5.58. The quantitative estimate of drug-likeness (QED) is 0.608. The molecule has 22 heavy (non-hydrogen) atoms. The third-order valence-corrected chi connectivity index (χ3v) is 3.81. The maximum atomic E-state index is 11.8. The van der Waals surface area contributed by atoms with Crippen LogP contribution in [0.2, 0.25) is 0 Å². The van der Waals surface area contributed by atoms with Crippen molar-refractivity contribution in [2.24, 2.45) is 7.05 Å². The van der Waals surface area contributed by atoms with Gasteiger partial charge in [0.2, 0.25) is 5.91 Å². The van der Waals surface area contributed by atoms with E-state index in [0.29, 0.717) is 11.0 Å². The predicted octanol–water partition coefficient (Wildman–Crippen LogP) is 1.30. The van der Waals surface area contributed by atoms with E-state index < -0.39 is 4.92 Å². The molecule has 0 spiro atoms. The zero-order chi connectivity index (χ0) is 16.3. The molecule has 1 amide bonds. The number of nitrogens with zero attached hydrogens (tertiary/aromatic N) is 5. The molecular formula is C12H15BrN6O3. The number of carbonyl (C=O) groups excluding carboxylic acids is 1. The molecule has 2 heterocycles. The van der Waals surface area contributed by atoms with Crippen LogP contribution in [0.4, 0.5) is 5.82 Å². The molecule has 0 saturated heterocycles. The fourth-order valence-corrected chi connectivity index (χ4v) is 2.30. The van der Waals surface area contributed by atoms with Gasteiger partial charge in [-0.2, -0.15) is 9.78 Å². The number of nitrogens with one attached hydrogen (secondary N) is 1. The molecule has 0 fully saturated rings. The van der Waals surface area contributed by atoms with Crippen LogP contribution in [0.5, 0.6) is 0 Å². The molecule has 9 nitrogen and oxygen atoms in total. The molecule has 0 saturated carbocycles. The summed E-state index contributed by atoms with van der Waals surface area (Å²) in [4.78, 5) is 21.9. The van der Waals surface area contributed by atoms with Crippen molar-refractivity contribution in [3.63, 3.8) is 0 Å². The SMILES string of the molecule is Cc1c(CNC(=O)CCn2cc(Br)c([N+](=O)[O-])n2)cnn1C. The van der Waals surface area contributed by atoms with Crippen LogP contribution < -0.4 is 5.32 Å². The minimum atomic E-state index is -0.578. The Morgan fingerprint density at radius 1 is 1.55 bits per heavy atom. The van der Waals surface area contributed by atoms with Crippen LogP contribution in [0.1, 0.15) is 17.7 Å². The van der Waals surface area contributed by atoms with Crippen LogP contribution in [0.25, 0.3) is 0 Å². The van der Waals surface area contributed by atoms with Gasteiger partial charge in [0.05, 0.1) is 24.0 Å². The molecule has 10 heteroatoms. The molecule has 0 radical (unpaired) electrons. The van der Waals surface area contributed by atoms with Gasteiger partial charge in [-0.05, 0) is 27.8 Å². The smallest absolute Gasteiger partial charge is 0.358 e. The predicted molar refractivity (Wildman–Crippen MR) is 81.0 cm³/mol. The zero-order valence-corrected chi connectivity index (χ0v) is 13.7. The summed E-state index contributed by atoms with van der Waals surface area (Å²) in [6.45, 7) is 2.60. The van der Waals surface area contributed by atoms with Crippen LogP contribution in [0.15, 0.2) is 16.9 Å². The highest BCUT2D eigenvalue weighted by Gasteiger charge is 2.18. The Kier molecular flexibility index (Phi) is 4.91. The molecular weight excluding hydrogens is 356 g/mol. The highest BCUT2D eigenvalue weighted by molar-refractivity contribution is 9.10. The number of rotatable bonds is 6. The maximum Gasteiger partial charge on any atom is 0.404 e. The Bertz CT molecular complexity index is 708. The minimum absolute atomic E-state index is 0.155. The third-order valence-electron chi connectivity index (χ3n) is 3.25. The second-order valence-electron chi connectivity index (χ2n) is 4.73. The Morgan fingerprint density at radius 3 is 2.82 bits per heavy atom. The van der Waals surface area contributed by atoms with Gasteiger partial charge in [0.25, 0.3) is 0 Å².